The number of aromatic nitrogens is 1. The number of carboxylic acid groups (broad SMARTS) is 1. The van der Waals surface area contributed by atoms with Gasteiger partial charge in [0.1, 0.15) is 12.4 Å². The summed E-state index contributed by atoms with van der Waals surface area (Å²) in [5.41, 5.74) is 4.52. The number of carboxylic acids is 1. The Balaban J connectivity index is 2.26. The van der Waals surface area contributed by atoms with E-state index in [0.717, 1.165) is 28.1 Å². The normalized spacial score (nSPS) is 10.8. The molecule has 3 rings (SSSR count). The topological polar surface area (TPSA) is 42.2 Å². The van der Waals surface area contributed by atoms with Crippen LogP contribution in [-0.4, -0.2) is 15.6 Å². The van der Waals surface area contributed by atoms with Crippen molar-refractivity contribution in [2.45, 2.75) is 19.9 Å². The molecule has 122 valence electrons. The zero-order valence-electron chi connectivity index (χ0n) is 13.4. The highest BCUT2D eigenvalue weighted by Gasteiger charge is 2.18. The average molecular weight is 323 g/mol. The molecule has 4 heteroatoms. The standard InChI is InChI=1S/C20H18FNO2/c1-2-17-12-18(14-8-10-16(21)11-9-14)20(22(17)13-19(23)24)15-6-4-3-5-7-15/h3-12H,2,13H2,1H3,(H,23,24). The van der Waals surface area contributed by atoms with E-state index in [9.17, 15) is 14.3 Å². The molecule has 1 N–H and O–H groups in total. The molecule has 0 radical (unpaired) electrons. The average Bonchev–Trinajstić information content (AvgIpc) is 2.94. The molecule has 24 heavy (non-hydrogen) atoms. The quantitative estimate of drug-likeness (QED) is 0.745. The molecule has 0 bridgehead atoms. The van der Waals surface area contributed by atoms with E-state index >= 15 is 0 Å². The van der Waals surface area contributed by atoms with E-state index in [1.165, 1.54) is 12.1 Å². The first-order valence-electron chi connectivity index (χ1n) is 7.85. The number of halogens is 1. The van der Waals surface area contributed by atoms with Crippen LogP contribution in [-0.2, 0) is 17.8 Å². The number of hydrogen-bond acceptors (Lipinski definition) is 1. The van der Waals surface area contributed by atoms with Gasteiger partial charge in [-0.05, 0) is 35.7 Å². The summed E-state index contributed by atoms with van der Waals surface area (Å²) in [6.07, 6.45) is 0.717. The Hall–Kier alpha value is -2.88. The smallest absolute Gasteiger partial charge is 0.323 e. The molecule has 0 aliphatic heterocycles. The fourth-order valence-corrected chi connectivity index (χ4v) is 2.97. The maximum atomic E-state index is 13.3. The van der Waals surface area contributed by atoms with Gasteiger partial charge in [-0.2, -0.15) is 0 Å². The van der Waals surface area contributed by atoms with Crippen molar-refractivity contribution in [3.8, 4) is 22.4 Å². The van der Waals surface area contributed by atoms with Gasteiger partial charge in [0.25, 0.3) is 0 Å². The molecule has 0 spiro atoms. The Kier molecular flexibility index (Phi) is 4.47. The molecule has 3 nitrogen and oxygen atoms in total. The predicted molar refractivity (Wildman–Crippen MR) is 92.3 cm³/mol. The molecule has 0 aliphatic rings. The number of aliphatic carboxylic acids is 1. The van der Waals surface area contributed by atoms with Gasteiger partial charge in [0.05, 0.1) is 5.69 Å². The molecule has 0 amide bonds. The number of nitrogens with zero attached hydrogens (tertiary/aromatic N) is 1. The third-order valence-electron chi connectivity index (χ3n) is 4.04. The number of hydrogen-bond donors (Lipinski definition) is 1. The van der Waals surface area contributed by atoms with Crippen molar-refractivity contribution >= 4 is 5.97 Å². The van der Waals surface area contributed by atoms with E-state index in [1.54, 1.807) is 12.1 Å². The maximum Gasteiger partial charge on any atom is 0.323 e. The first-order chi connectivity index (χ1) is 11.6. The van der Waals surface area contributed by atoms with Gasteiger partial charge in [0.2, 0.25) is 0 Å². The summed E-state index contributed by atoms with van der Waals surface area (Å²) in [5, 5.41) is 9.30. The Morgan fingerprint density at radius 3 is 2.29 bits per heavy atom. The lowest BCUT2D eigenvalue weighted by molar-refractivity contribution is -0.137. The summed E-state index contributed by atoms with van der Waals surface area (Å²) in [7, 11) is 0. The highest BCUT2D eigenvalue weighted by atomic mass is 19.1. The van der Waals surface area contributed by atoms with Crippen LogP contribution < -0.4 is 0 Å². The summed E-state index contributed by atoms with van der Waals surface area (Å²) in [4.78, 5) is 11.3. The van der Waals surface area contributed by atoms with Gasteiger partial charge in [-0.1, -0.05) is 49.4 Å². The molecule has 0 fully saturated rings. The Morgan fingerprint density at radius 1 is 1.04 bits per heavy atom. The highest BCUT2D eigenvalue weighted by Crippen LogP contribution is 2.35. The summed E-state index contributed by atoms with van der Waals surface area (Å²) < 4.78 is 15.1. The second-order valence-electron chi connectivity index (χ2n) is 5.60. The van der Waals surface area contributed by atoms with Crippen LogP contribution in [0.2, 0.25) is 0 Å². The fourth-order valence-electron chi connectivity index (χ4n) is 2.97. The number of rotatable bonds is 5. The van der Waals surface area contributed by atoms with E-state index < -0.39 is 5.97 Å². The van der Waals surface area contributed by atoms with Crippen molar-refractivity contribution in [2.24, 2.45) is 0 Å². The van der Waals surface area contributed by atoms with Crippen LogP contribution in [0, 0.1) is 5.82 Å². The molecule has 0 saturated heterocycles. The van der Waals surface area contributed by atoms with Crippen LogP contribution in [0.25, 0.3) is 22.4 Å². The van der Waals surface area contributed by atoms with Crippen LogP contribution >= 0.6 is 0 Å². The maximum absolute atomic E-state index is 13.3. The van der Waals surface area contributed by atoms with Gasteiger partial charge >= 0.3 is 5.97 Å². The van der Waals surface area contributed by atoms with Crippen molar-refractivity contribution < 1.29 is 14.3 Å². The number of benzene rings is 2. The lowest BCUT2D eigenvalue weighted by Gasteiger charge is -2.12. The Bertz CT molecular complexity index is 851. The second kappa shape index (κ2) is 6.71. The van der Waals surface area contributed by atoms with Crippen LogP contribution in [0.15, 0.2) is 60.7 Å². The van der Waals surface area contributed by atoms with E-state index in [0.29, 0.717) is 6.42 Å². The SMILES string of the molecule is CCc1cc(-c2ccc(F)cc2)c(-c2ccccc2)n1CC(=O)O. The third-order valence-corrected chi connectivity index (χ3v) is 4.04. The zero-order valence-corrected chi connectivity index (χ0v) is 13.4. The van der Waals surface area contributed by atoms with Crippen molar-refractivity contribution in [1.82, 2.24) is 4.57 Å². The van der Waals surface area contributed by atoms with Gasteiger partial charge in [0.15, 0.2) is 0 Å². The first kappa shape index (κ1) is 16.0. The summed E-state index contributed by atoms with van der Waals surface area (Å²) in [6, 6.07) is 18.0. The lowest BCUT2D eigenvalue weighted by atomic mass is 10.0. The van der Waals surface area contributed by atoms with E-state index in [4.69, 9.17) is 0 Å². The molecule has 3 aromatic rings. The minimum atomic E-state index is -0.886. The van der Waals surface area contributed by atoms with Gasteiger partial charge in [-0.25, -0.2) is 4.39 Å². The molecule has 0 atom stereocenters. The van der Waals surface area contributed by atoms with Gasteiger partial charge < -0.3 is 9.67 Å². The van der Waals surface area contributed by atoms with Crippen LogP contribution in [0.1, 0.15) is 12.6 Å². The van der Waals surface area contributed by atoms with Crippen LogP contribution in [0.3, 0.4) is 0 Å². The molecule has 1 aromatic heterocycles. The van der Waals surface area contributed by atoms with Crippen molar-refractivity contribution in [2.75, 3.05) is 0 Å². The Labute approximate surface area is 140 Å². The van der Waals surface area contributed by atoms with E-state index in [2.05, 4.69) is 0 Å². The van der Waals surface area contributed by atoms with Crippen molar-refractivity contribution in [3.63, 3.8) is 0 Å². The third kappa shape index (κ3) is 3.08. The predicted octanol–water partition coefficient (Wildman–Crippen LogP) is 4.61. The van der Waals surface area contributed by atoms with Crippen LogP contribution in [0.4, 0.5) is 4.39 Å². The van der Waals surface area contributed by atoms with Gasteiger partial charge in [-0.15, -0.1) is 0 Å². The van der Waals surface area contributed by atoms with E-state index in [1.807, 2.05) is 47.9 Å². The molecular weight excluding hydrogens is 305 g/mol. The monoisotopic (exact) mass is 323 g/mol. The molecular formula is C20H18FNO2. The summed E-state index contributed by atoms with van der Waals surface area (Å²) >= 11 is 0. The molecule has 1 heterocycles. The number of carbonyl (C=O) groups is 1. The largest absolute Gasteiger partial charge is 0.480 e. The molecule has 0 aliphatic carbocycles. The lowest BCUT2D eigenvalue weighted by Crippen LogP contribution is -2.12. The van der Waals surface area contributed by atoms with Crippen LogP contribution in [0.5, 0.6) is 0 Å². The van der Waals surface area contributed by atoms with Gasteiger partial charge in [0, 0.05) is 11.3 Å². The minimum Gasteiger partial charge on any atom is -0.480 e. The molecule has 2 aromatic carbocycles. The summed E-state index contributed by atoms with van der Waals surface area (Å²) in [6.45, 7) is 1.89. The van der Waals surface area contributed by atoms with Crippen molar-refractivity contribution in [1.29, 1.82) is 0 Å². The first-order valence-corrected chi connectivity index (χ1v) is 7.85. The van der Waals surface area contributed by atoms with E-state index in [-0.39, 0.29) is 12.4 Å². The second-order valence-corrected chi connectivity index (χ2v) is 5.60. The number of aryl methyl sites for hydroxylation is 1. The fraction of sp³-hybridized carbons (Fsp3) is 0.150. The minimum absolute atomic E-state index is 0.103. The van der Waals surface area contributed by atoms with Crippen molar-refractivity contribution in [3.05, 3.63) is 72.2 Å². The Morgan fingerprint density at radius 2 is 1.71 bits per heavy atom. The highest BCUT2D eigenvalue weighted by molar-refractivity contribution is 5.83. The molecule has 0 unspecified atom stereocenters. The summed E-state index contributed by atoms with van der Waals surface area (Å²) in [5.74, 6) is -1.18. The zero-order chi connectivity index (χ0) is 17.1. The van der Waals surface area contributed by atoms with Gasteiger partial charge in [-0.3, -0.25) is 4.79 Å². The molecule has 0 saturated carbocycles.